The van der Waals surface area contributed by atoms with Crippen LogP contribution in [0.25, 0.3) is 0 Å². The van der Waals surface area contributed by atoms with Gasteiger partial charge in [-0.2, -0.15) is 0 Å². The second kappa shape index (κ2) is 5.75. The fraction of sp³-hybridized carbons (Fsp3) is 0.750. The van der Waals surface area contributed by atoms with Crippen molar-refractivity contribution < 1.29 is 5.11 Å². The largest absolute Gasteiger partial charge is 0.393 e. The van der Waals surface area contributed by atoms with Gasteiger partial charge in [-0.3, -0.25) is 0 Å². The maximum absolute atomic E-state index is 10.2. The van der Waals surface area contributed by atoms with Crippen LogP contribution in [-0.4, -0.2) is 11.2 Å². The zero-order chi connectivity index (χ0) is 12.4. The maximum atomic E-state index is 10.2. The molecule has 0 saturated heterocycles. The molecule has 4 unspecified atom stereocenters. The molecule has 3 rings (SSSR count). The molecule has 1 N–H and O–H groups in total. The summed E-state index contributed by atoms with van der Waals surface area (Å²) in [6.45, 7) is 0. The van der Waals surface area contributed by atoms with Gasteiger partial charge in [-0.05, 0) is 74.1 Å². The van der Waals surface area contributed by atoms with Gasteiger partial charge in [-0.25, -0.2) is 0 Å². The molecule has 18 heavy (non-hydrogen) atoms. The summed E-state index contributed by atoms with van der Waals surface area (Å²) in [5.41, 5.74) is 0. The van der Waals surface area contributed by atoms with Crippen molar-refractivity contribution in [1.82, 2.24) is 0 Å². The average Bonchev–Trinajstić information content (AvgIpc) is 3.04. The Kier molecular flexibility index (Phi) is 4.05. The molecule has 100 valence electrons. The molecule has 2 saturated carbocycles. The summed E-state index contributed by atoms with van der Waals surface area (Å²) in [6.07, 6.45) is 10.1. The zero-order valence-corrected chi connectivity index (χ0v) is 11.9. The lowest BCUT2D eigenvalue weighted by atomic mass is 9.84. The van der Waals surface area contributed by atoms with Crippen molar-refractivity contribution in [3.8, 4) is 0 Å². The Morgan fingerprint density at radius 3 is 2.94 bits per heavy atom. The molecular weight excluding hydrogens is 240 g/mol. The molecule has 4 atom stereocenters. The first-order chi connectivity index (χ1) is 8.81. The summed E-state index contributed by atoms with van der Waals surface area (Å²) in [4.78, 5) is 1.46. The third-order valence-electron chi connectivity index (χ3n) is 5.00. The minimum atomic E-state index is -0.0469. The zero-order valence-electron chi connectivity index (χ0n) is 11.1. The fourth-order valence-corrected chi connectivity index (χ4v) is 4.85. The molecule has 0 aromatic carbocycles. The van der Waals surface area contributed by atoms with Crippen LogP contribution in [0.1, 0.15) is 49.8 Å². The van der Waals surface area contributed by atoms with Crippen LogP contribution < -0.4 is 0 Å². The smallest absolute Gasteiger partial charge is 0.0543 e. The number of fused-ring (bicyclic) bond motifs is 2. The van der Waals surface area contributed by atoms with E-state index in [1.807, 2.05) is 11.3 Å². The van der Waals surface area contributed by atoms with Crippen LogP contribution in [0.15, 0.2) is 17.5 Å². The molecule has 1 nitrogen and oxygen atoms in total. The lowest BCUT2D eigenvalue weighted by Crippen LogP contribution is -2.18. The summed E-state index contributed by atoms with van der Waals surface area (Å²) in [7, 11) is 0. The van der Waals surface area contributed by atoms with Crippen molar-refractivity contribution in [3.05, 3.63) is 22.4 Å². The summed E-state index contributed by atoms with van der Waals surface area (Å²) in [6, 6.07) is 4.32. The van der Waals surface area contributed by atoms with Gasteiger partial charge in [0.15, 0.2) is 0 Å². The molecule has 2 bridgehead atoms. The van der Waals surface area contributed by atoms with Crippen LogP contribution in [0.5, 0.6) is 0 Å². The van der Waals surface area contributed by atoms with E-state index in [1.54, 1.807) is 0 Å². The van der Waals surface area contributed by atoms with Crippen molar-refractivity contribution in [2.75, 3.05) is 0 Å². The number of hydrogen-bond acceptors (Lipinski definition) is 2. The lowest BCUT2D eigenvalue weighted by Gasteiger charge is -2.24. The molecule has 2 fully saturated rings. The van der Waals surface area contributed by atoms with Gasteiger partial charge < -0.3 is 5.11 Å². The standard InChI is InChI=1S/C16H24OS/c17-15(3-1-4-16-5-2-8-18-16)11-14-10-12-6-7-13(14)9-12/h2,5,8,12-15,17H,1,3-4,6-7,9-11H2. The Bertz CT molecular complexity index is 359. The van der Waals surface area contributed by atoms with Crippen LogP contribution in [0.4, 0.5) is 0 Å². The number of aryl methyl sites for hydroxylation is 1. The van der Waals surface area contributed by atoms with Crippen LogP contribution in [0, 0.1) is 17.8 Å². The molecule has 0 aliphatic heterocycles. The minimum absolute atomic E-state index is 0.0469. The topological polar surface area (TPSA) is 20.2 Å². The monoisotopic (exact) mass is 264 g/mol. The quantitative estimate of drug-likeness (QED) is 0.814. The highest BCUT2D eigenvalue weighted by Crippen LogP contribution is 2.50. The van der Waals surface area contributed by atoms with E-state index < -0.39 is 0 Å². The Morgan fingerprint density at radius 1 is 1.33 bits per heavy atom. The molecule has 1 aromatic heterocycles. The number of aliphatic hydroxyl groups excluding tert-OH is 1. The van der Waals surface area contributed by atoms with Gasteiger partial charge in [0.05, 0.1) is 6.10 Å². The van der Waals surface area contributed by atoms with Gasteiger partial charge in [-0.15, -0.1) is 11.3 Å². The third kappa shape index (κ3) is 2.97. The summed E-state index contributed by atoms with van der Waals surface area (Å²) in [5, 5.41) is 12.3. The number of rotatable bonds is 6. The molecule has 0 amide bonds. The van der Waals surface area contributed by atoms with E-state index in [0.29, 0.717) is 0 Å². The number of aliphatic hydroxyl groups is 1. The van der Waals surface area contributed by atoms with E-state index in [2.05, 4.69) is 17.5 Å². The van der Waals surface area contributed by atoms with Crippen molar-refractivity contribution >= 4 is 11.3 Å². The highest BCUT2D eigenvalue weighted by Gasteiger charge is 2.39. The molecule has 2 aliphatic rings. The third-order valence-corrected chi connectivity index (χ3v) is 5.94. The average molecular weight is 264 g/mol. The number of thiophene rings is 1. The first-order valence-electron chi connectivity index (χ1n) is 7.51. The van der Waals surface area contributed by atoms with Crippen molar-refractivity contribution in [2.24, 2.45) is 17.8 Å². The van der Waals surface area contributed by atoms with Gasteiger partial charge in [0.25, 0.3) is 0 Å². The van der Waals surface area contributed by atoms with Crippen molar-refractivity contribution in [3.63, 3.8) is 0 Å². The Balaban J connectivity index is 1.36. The normalized spacial score (nSPS) is 31.9. The molecule has 0 radical (unpaired) electrons. The van der Waals surface area contributed by atoms with E-state index in [9.17, 15) is 5.11 Å². The highest BCUT2D eigenvalue weighted by molar-refractivity contribution is 7.09. The van der Waals surface area contributed by atoms with E-state index in [-0.39, 0.29) is 6.10 Å². The van der Waals surface area contributed by atoms with E-state index in [1.165, 1.54) is 30.6 Å². The second-order valence-electron chi connectivity index (χ2n) is 6.30. The molecule has 0 spiro atoms. The Labute approximate surface area is 114 Å². The van der Waals surface area contributed by atoms with Gasteiger partial charge in [-0.1, -0.05) is 12.5 Å². The minimum Gasteiger partial charge on any atom is -0.393 e. The maximum Gasteiger partial charge on any atom is 0.0543 e. The Morgan fingerprint density at radius 2 is 2.28 bits per heavy atom. The molecular formula is C16H24OS. The first-order valence-corrected chi connectivity index (χ1v) is 8.39. The van der Waals surface area contributed by atoms with E-state index in [4.69, 9.17) is 0 Å². The van der Waals surface area contributed by atoms with Crippen molar-refractivity contribution in [1.29, 1.82) is 0 Å². The summed E-state index contributed by atoms with van der Waals surface area (Å²) >= 11 is 1.84. The predicted octanol–water partition coefficient (Wildman–Crippen LogP) is 4.26. The second-order valence-corrected chi connectivity index (χ2v) is 7.33. The van der Waals surface area contributed by atoms with E-state index >= 15 is 0 Å². The van der Waals surface area contributed by atoms with Gasteiger partial charge in [0.1, 0.15) is 0 Å². The SMILES string of the molecule is OC(CCCc1cccs1)CC1CC2CCC1C2. The Hall–Kier alpha value is -0.340. The fourth-order valence-electron chi connectivity index (χ4n) is 4.10. The lowest BCUT2D eigenvalue weighted by molar-refractivity contribution is 0.114. The molecule has 1 aromatic rings. The van der Waals surface area contributed by atoms with Gasteiger partial charge in [0, 0.05) is 4.88 Å². The predicted molar refractivity (Wildman–Crippen MR) is 76.8 cm³/mol. The van der Waals surface area contributed by atoms with Gasteiger partial charge in [0.2, 0.25) is 0 Å². The molecule has 2 aliphatic carbocycles. The first kappa shape index (κ1) is 12.7. The van der Waals surface area contributed by atoms with Crippen molar-refractivity contribution in [2.45, 2.75) is 57.5 Å². The van der Waals surface area contributed by atoms with Crippen LogP contribution in [0.2, 0.25) is 0 Å². The highest BCUT2D eigenvalue weighted by atomic mass is 32.1. The number of hydrogen-bond donors (Lipinski definition) is 1. The summed E-state index contributed by atoms with van der Waals surface area (Å²) in [5.74, 6) is 2.82. The molecule has 1 heterocycles. The summed E-state index contributed by atoms with van der Waals surface area (Å²) < 4.78 is 0. The van der Waals surface area contributed by atoms with E-state index in [0.717, 1.165) is 43.4 Å². The van der Waals surface area contributed by atoms with Crippen LogP contribution >= 0.6 is 11.3 Å². The van der Waals surface area contributed by atoms with Gasteiger partial charge >= 0.3 is 0 Å². The van der Waals surface area contributed by atoms with Crippen LogP contribution in [-0.2, 0) is 6.42 Å². The molecule has 2 heteroatoms. The van der Waals surface area contributed by atoms with Crippen LogP contribution in [0.3, 0.4) is 0 Å².